The highest BCUT2D eigenvalue weighted by Crippen LogP contribution is 2.23. The number of amides is 4. The second-order valence-corrected chi connectivity index (χ2v) is 9.21. The summed E-state index contributed by atoms with van der Waals surface area (Å²) in [6.07, 6.45) is 2.33. The molecule has 4 rings (SSSR count). The molecule has 0 radical (unpaired) electrons. The molecule has 2 aliphatic rings. The Labute approximate surface area is 209 Å². The third kappa shape index (κ3) is 5.93. The van der Waals surface area contributed by atoms with Gasteiger partial charge in [0, 0.05) is 42.5 Å². The van der Waals surface area contributed by atoms with E-state index in [1.54, 1.807) is 24.3 Å². The number of benzene rings is 2. The number of nitrogens with one attached hydrogen (secondary N) is 2. The number of halogens is 1. The molecule has 0 spiro atoms. The summed E-state index contributed by atoms with van der Waals surface area (Å²) in [6.45, 7) is 0.530. The van der Waals surface area contributed by atoms with Crippen LogP contribution in [0.25, 0.3) is 0 Å². The average molecular weight is 498 g/mol. The molecule has 1 atom stereocenters. The van der Waals surface area contributed by atoms with Gasteiger partial charge in [-0.25, -0.2) is 9.18 Å². The lowest BCUT2D eigenvalue weighted by Gasteiger charge is -2.43. The molecule has 1 unspecified atom stereocenters. The van der Waals surface area contributed by atoms with Crippen molar-refractivity contribution in [2.75, 3.05) is 25.5 Å². The van der Waals surface area contributed by atoms with E-state index in [1.807, 2.05) is 0 Å². The van der Waals surface area contributed by atoms with Crippen molar-refractivity contribution >= 4 is 23.5 Å². The summed E-state index contributed by atoms with van der Waals surface area (Å²) in [5.41, 5.74) is 6.61. The number of methoxy groups -OCH3 is 1. The molecule has 36 heavy (non-hydrogen) atoms. The number of hydrogen-bond acceptors (Lipinski definition) is 5. The highest BCUT2D eigenvalue weighted by Gasteiger charge is 2.41. The molecule has 1 heterocycles. The molecule has 1 saturated heterocycles. The second-order valence-electron chi connectivity index (χ2n) is 9.21. The Morgan fingerprint density at radius 1 is 1.00 bits per heavy atom. The van der Waals surface area contributed by atoms with E-state index in [-0.39, 0.29) is 30.7 Å². The summed E-state index contributed by atoms with van der Waals surface area (Å²) < 4.78 is 19.1. The van der Waals surface area contributed by atoms with Crippen LogP contribution in [0.1, 0.15) is 42.5 Å². The summed E-state index contributed by atoms with van der Waals surface area (Å²) in [5.74, 6) is -0.941. The van der Waals surface area contributed by atoms with Crippen LogP contribution in [0.5, 0.6) is 5.75 Å². The minimum Gasteiger partial charge on any atom is -0.497 e. The van der Waals surface area contributed by atoms with Crippen LogP contribution < -0.4 is 21.1 Å². The maximum atomic E-state index is 13.9. The van der Waals surface area contributed by atoms with Gasteiger partial charge in [-0.3, -0.25) is 14.5 Å². The number of nitrogens with zero attached hydrogens (tertiary/aromatic N) is 2. The number of ether oxygens (including phenoxy) is 1. The summed E-state index contributed by atoms with van der Waals surface area (Å²) in [7, 11) is 1.53. The van der Waals surface area contributed by atoms with E-state index in [4.69, 9.17) is 10.5 Å². The van der Waals surface area contributed by atoms with Gasteiger partial charge in [-0.05, 0) is 62.4 Å². The second kappa shape index (κ2) is 11.4. The van der Waals surface area contributed by atoms with Crippen molar-refractivity contribution in [3.05, 3.63) is 59.9 Å². The predicted octanol–water partition coefficient (Wildman–Crippen LogP) is 2.93. The molecule has 2 aromatic rings. The minimum atomic E-state index is -1.18. The van der Waals surface area contributed by atoms with Gasteiger partial charge in [0.05, 0.1) is 7.11 Å². The van der Waals surface area contributed by atoms with Crippen molar-refractivity contribution in [2.45, 2.75) is 50.4 Å². The number of anilines is 1. The zero-order valence-electron chi connectivity index (χ0n) is 20.3. The number of hydrogen-bond donors (Lipinski definition) is 3. The van der Waals surface area contributed by atoms with Crippen LogP contribution in [-0.2, 0) is 4.79 Å². The van der Waals surface area contributed by atoms with Gasteiger partial charge >= 0.3 is 6.03 Å². The van der Waals surface area contributed by atoms with Crippen LogP contribution in [-0.4, -0.2) is 66.1 Å². The van der Waals surface area contributed by atoms with Gasteiger partial charge in [0.15, 0.2) is 6.17 Å². The van der Waals surface area contributed by atoms with Crippen LogP contribution in [0, 0.1) is 5.82 Å². The lowest BCUT2D eigenvalue weighted by molar-refractivity contribution is -0.133. The SMILES string of the molecule is COc1cccc(NC(=O)N2CCCN(C(=O)c3cccc(F)c3)C2C(=O)NC2CCC(N)CC2)c1. The fourth-order valence-electron chi connectivity index (χ4n) is 4.76. The number of urea groups is 1. The van der Waals surface area contributed by atoms with Crippen molar-refractivity contribution in [3.8, 4) is 5.75 Å². The number of rotatable bonds is 5. The van der Waals surface area contributed by atoms with E-state index in [0.29, 0.717) is 17.9 Å². The standard InChI is InChI=1S/C26H32FN5O4/c1-36-22-8-3-7-21(16-22)30-26(35)32-14-4-13-31(25(34)17-5-2-6-18(27)15-17)24(32)23(33)29-20-11-9-19(28)10-12-20/h2-3,5-8,15-16,19-20,24H,4,9-14,28H2,1H3,(H,29,33)(H,30,35). The summed E-state index contributed by atoms with van der Waals surface area (Å²) in [6, 6.07) is 11.7. The highest BCUT2D eigenvalue weighted by atomic mass is 19.1. The molecule has 2 aromatic carbocycles. The first kappa shape index (κ1) is 25.4. The Morgan fingerprint density at radius 3 is 2.44 bits per heavy atom. The van der Waals surface area contributed by atoms with Crippen molar-refractivity contribution in [2.24, 2.45) is 5.73 Å². The van der Waals surface area contributed by atoms with Gasteiger partial charge in [-0.2, -0.15) is 0 Å². The molecular weight excluding hydrogens is 465 g/mol. The third-order valence-corrected chi connectivity index (χ3v) is 6.66. The van der Waals surface area contributed by atoms with Crippen LogP contribution in [0.4, 0.5) is 14.9 Å². The minimum absolute atomic E-state index is 0.0892. The molecule has 10 heteroatoms. The fourth-order valence-corrected chi connectivity index (χ4v) is 4.76. The van der Waals surface area contributed by atoms with Gasteiger partial charge in [0.1, 0.15) is 11.6 Å². The monoisotopic (exact) mass is 497 g/mol. The lowest BCUT2D eigenvalue weighted by Crippen LogP contribution is -2.65. The average Bonchev–Trinajstić information content (AvgIpc) is 2.89. The van der Waals surface area contributed by atoms with Crippen LogP contribution >= 0.6 is 0 Å². The first-order valence-electron chi connectivity index (χ1n) is 12.2. The van der Waals surface area contributed by atoms with Gasteiger partial charge in [0.2, 0.25) is 0 Å². The van der Waals surface area contributed by atoms with Crippen molar-refractivity contribution in [1.82, 2.24) is 15.1 Å². The van der Waals surface area contributed by atoms with E-state index in [9.17, 15) is 18.8 Å². The largest absolute Gasteiger partial charge is 0.497 e. The van der Waals surface area contributed by atoms with Gasteiger partial charge in [-0.15, -0.1) is 0 Å². The Morgan fingerprint density at radius 2 is 1.72 bits per heavy atom. The highest BCUT2D eigenvalue weighted by molar-refractivity contribution is 6.00. The summed E-state index contributed by atoms with van der Waals surface area (Å²) in [5, 5.41) is 5.82. The molecule has 1 aliphatic heterocycles. The topological polar surface area (TPSA) is 117 Å². The predicted molar refractivity (Wildman–Crippen MR) is 133 cm³/mol. The van der Waals surface area contributed by atoms with E-state index in [0.717, 1.165) is 31.7 Å². The third-order valence-electron chi connectivity index (χ3n) is 6.66. The lowest BCUT2D eigenvalue weighted by atomic mass is 9.91. The Hall–Kier alpha value is -3.66. The molecule has 9 nitrogen and oxygen atoms in total. The van der Waals surface area contributed by atoms with Crippen LogP contribution in [0.2, 0.25) is 0 Å². The first-order valence-corrected chi connectivity index (χ1v) is 12.2. The van der Waals surface area contributed by atoms with Crippen LogP contribution in [0.3, 0.4) is 0 Å². The molecule has 1 aliphatic carbocycles. The van der Waals surface area contributed by atoms with Gasteiger partial charge in [0.25, 0.3) is 11.8 Å². The van der Waals surface area contributed by atoms with E-state index >= 15 is 0 Å². The fraction of sp³-hybridized carbons (Fsp3) is 0.423. The van der Waals surface area contributed by atoms with Gasteiger partial charge < -0.3 is 26.0 Å². The van der Waals surface area contributed by atoms with Gasteiger partial charge in [-0.1, -0.05) is 12.1 Å². The van der Waals surface area contributed by atoms with Crippen molar-refractivity contribution < 1.29 is 23.5 Å². The molecule has 0 bridgehead atoms. The zero-order valence-corrected chi connectivity index (χ0v) is 20.3. The Balaban J connectivity index is 1.59. The van der Waals surface area contributed by atoms with Crippen molar-refractivity contribution in [3.63, 3.8) is 0 Å². The summed E-state index contributed by atoms with van der Waals surface area (Å²) in [4.78, 5) is 43.0. The number of carbonyl (C=O) groups excluding carboxylic acids is 3. The quantitative estimate of drug-likeness (QED) is 0.587. The van der Waals surface area contributed by atoms with E-state index in [2.05, 4.69) is 10.6 Å². The van der Waals surface area contributed by atoms with Crippen LogP contribution in [0.15, 0.2) is 48.5 Å². The van der Waals surface area contributed by atoms with E-state index in [1.165, 1.54) is 35.1 Å². The molecule has 1 saturated carbocycles. The smallest absolute Gasteiger partial charge is 0.323 e. The molecule has 0 aromatic heterocycles. The molecule has 192 valence electrons. The Kier molecular flexibility index (Phi) is 8.04. The molecule has 2 fully saturated rings. The molecule has 4 amide bonds. The zero-order chi connectivity index (χ0) is 25.7. The van der Waals surface area contributed by atoms with E-state index < -0.39 is 29.8 Å². The number of nitrogens with two attached hydrogens (primary N) is 1. The first-order chi connectivity index (χ1) is 17.4. The summed E-state index contributed by atoms with van der Waals surface area (Å²) >= 11 is 0. The maximum Gasteiger partial charge on any atom is 0.323 e. The number of carbonyl (C=O) groups is 3. The molecular formula is C26H32FN5O4. The maximum absolute atomic E-state index is 13.9. The van der Waals surface area contributed by atoms with Crippen molar-refractivity contribution in [1.29, 1.82) is 0 Å². The molecule has 4 N–H and O–H groups in total. The normalized spacial score (nSPS) is 22.0. The Bertz CT molecular complexity index is 1110.